The zero-order valence-corrected chi connectivity index (χ0v) is 20.2. The summed E-state index contributed by atoms with van der Waals surface area (Å²) < 4.78 is 0. The number of carbonyl (C=O) groups is 2. The van der Waals surface area contributed by atoms with Gasteiger partial charge >= 0.3 is 0 Å². The van der Waals surface area contributed by atoms with Gasteiger partial charge in [-0.05, 0) is 61.3 Å². The molecule has 0 bridgehead atoms. The number of hydrogen-bond donors (Lipinski definition) is 2. The van der Waals surface area contributed by atoms with E-state index in [0.717, 1.165) is 45.1 Å². The molecule has 0 fully saturated rings. The highest BCUT2D eigenvalue weighted by Crippen LogP contribution is 2.46. The maximum absolute atomic E-state index is 13.6. The smallest absolute Gasteiger partial charge is 0.254 e. The zero-order valence-electron chi connectivity index (χ0n) is 19.3. The van der Waals surface area contributed by atoms with Gasteiger partial charge in [0.1, 0.15) is 0 Å². The maximum Gasteiger partial charge on any atom is 0.254 e. The van der Waals surface area contributed by atoms with Crippen LogP contribution in [0.15, 0.2) is 76.0 Å². The van der Waals surface area contributed by atoms with E-state index in [0.29, 0.717) is 12.0 Å². The van der Waals surface area contributed by atoms with Crippen molar-refractivity contribution in [1.82, 2.24) is 5.32 Å². The van der Waals surface area contributed by atoms with Gasteiger partial charge in [-0.3, -0.25) is 9.59 Å². The summed E-state index contributed by atoms with van der Waals surface area (Å²) >= 11 is 1.68. The Hall–Kier alpha value is -2.79. The van der Waals surface area contributed by atoms with Crippen LogP contribution in [-0.4, -0.2) is 17.9 Å². The lowest BCUT2D eigenvalue weighted by Gasteiger charge is -2.39. The summed E-state index contributed by atoms with van der Waals surface area (Å²) in [6.07, 6.45) is 3.31. The fourth-order valence-electron chi connectivity index (χ4n) is 4.77. The van der Waals surface area contributed by atoms with Crippen molar-refractivity contribution in [3.05, 3.63) is 82.2 Å². The Labute approximate surface area is 194 Å². The molecule has 1 aliphatic heterocycles. The summed E-state index contributed by atoms with van der Waals surface area (Å²) in [7, 11) is 0. The number of rotatable bonds is 4. The summed E-state index contributed by atoms with van der Waals surface area (Å²) in [5, 5.41) is 6.52. The minimum absolute atomic E-state index is 0.0998. The Morgan fingerprint density at radius 1 is 1.06 bits per heavy atom. The van der Waals surface area contributed by atoms with Gasteiger partial charge in [0.25, 0.3) is 5.91 Å². The van der Waals surface area contributed by atoms with Crippen molar-refractivity contribution >= 4 is 29.1 Å². The molecule has 0 saturated heterocycles. The fraction of sp³-hybridized carbons (Fsp3) is 0.333. The van der Waals surface area contributed by atoms with Gasteiger partial charge in [0.2, 0.25) is 0 Å². The zero-order chi connectivity index (χ0) is 23.0. The van der Waals surface area contributed by atoms with Crippen LogP contribution in [0.5, 0.6) is 0 Å². The van der Waals surface area contributed by atoms with E-state index in [2.05, 4.69) is 36.6 Å². The molecule has 2 aromatic carbocycles. The lowest BCUT2D eigenvalue weighted by atomic mass is 9.68. The number of ketones is 1. The Morgan fingerprint density at radius 2 is 1.75 bits per heavy atom. The number of thioether (sulfide) groups is 1. The summed E-state index contributed by atoms with van der Waals surface area (Å²) in [6, 6.07) is 16.0. The van der Waals surface area contributed by atoms with Crippen LogP contribution in [0.3, 0.4) is 0 Å². The summed E-state index contributed by atoms with van der Waals surface area (Å²) in [4.78, 5) is 28.1. The predicted octanol–water partition coefficient (Wildman–Crippen LogP) is 5.96. The summed E-state index contributed by atoms with van der Waals surface area (Å²) in [5.74, 6) is -0.432. The Kier molecular flexibility index (Phi) is 6.04. The fourth-order valence-corrected chi connectivity index (χ4v) is 5.18. The highest BCUT2D eigenvalue weighted by molar-refractivity contribution is 7.98. The van der Waals surface area contributed by atoms with Gasteiger partial charge in [-0.15, -0.1) is 11.8 Å². The molecule has 4 nitrogen and oxygen atoms in total. The topological polar surface area (TPSA) is 58.2 Å². The van der Waals surface area contributed by atoms with E-state index in [9.17, 15) is 9.59 Å². The maximum atomic E-state index is 13.6. The molecule has 0 unspecified atom stereocenters. The lowest BCUT2D eigenvalue weighted by molar-refractivity contribution is -0.118. The van der Waals surface area contributed by atoms with Crippen LogP contribution in [0.4, 0.5) is 5.69 Å². The first-order valence-electron chi connectivity index (χ1n) is 10.9. The van der Waals surface area contributed by atoms with Gasteiger partial charge < -0.3 is 10.6 Å². The predicted molar refractivity (Wildman–Crippen MR) is 132 cm³/mol. The van der Waals surface area contributed by atoms with Crippen molar-refractivity contribution in [2.75, 3.05) is 11.6 Å². The highest BCUT2D eigenvalue weighted by atomic mass is 32.2. The van der Waals surface area contributed by atoms with Crippen molar-refractivity contribution in [2.45, 2.75) is 51.3 Å². The van der Waals surface area contributed by atoms with E-state index in [1.165, 1.54) is 0 Å². The third-order valence-electron chi connectivity index (χ3n) is 6.33. The van der Waals surface area contributed by atoms with Crippen molar-refractivity contribution < 1.29 is 9.59 Å². The molecular weight excluding hydrogens is 416 g/mol. The minimum Gasteiger partial charge on any atom is -0.362 e. The average Bonchev–Trinajstić information content (AvgIpc) is 2.73. The molecule has 1 aliphatic carbocycles. The second-order valence-corrected chi connectivity index (χ2v) is 10.4. The average molecular weight is 447 g/mol. The molecule has 4 rings (SSSR count). The van der Waals surface area contributed by atoms with E-state index in [1.807, 2.05) is 56.5 Å². The molecule has 0 spiro atoms. The van der Waals surface area contributed by atoms with Crippen LogP contribution >= 0.6 is 11.8 Å². The molecule has 0 saturated carbocycles. The Morgan fingerprint density at radius 3 is 2.41 bits per heavy atom. The first-order valence-corrected chi connectivity index (χ1v) is 12.2. The van der Waals surface area contributed by atoms with Gasteiger partial charge in [-0.1, -0.05) is 44.2 Å². The van der Waals surface area contributed by atoms with E-state index in [-0.39, 0.29) is 23.0 Å². The number of carbonyl (C=O) groups excluding carboxylic acids is 2. The van der Waals surface area contributed by atoms with Crippen LogP contribution in [0.2, 0.25) is 0 Å². The highest BCUT2D eigenvalue weighted by Gasteiger charge is 2.42. The molecule has 1 heterocycles. The van der Waals surface area contributed by atoms with Gasteiger partial charge in [0, 0.05) is 45.5 Å². The summed E-state index contributed by atoms with van der Waals surface area (Å²) in [5.41, 5.74) is 5.76. The quantitative estimate of drug-likeness (QED) is 0.569. The van der Waals surface area contributed by atoms with Gasteiger partial charge in [0.15, 0.2) is 5.78 Å². The molecule has 166 valence electrons. The number of amides is 1. The van der Waals surface area contributed by atoms with E-state index >= 15 is 0 Å². The number of para-hydroxylation sites is 1. The number of dihydropyridines is 1. The molecule has 2 aliphatic rings. The van der Waals surface area contributed by atoms with Crippen molar-refractivity contribution in [3.63, 3.8) is 0 Å². The largest absolute Gasteiger partial charge is 0.362 e. The molecule has 0 aromatic heterocycles. The summed E-state index contributed by atoms with van der Waals surface area (Å²) in [6.45, 7) is 8.16. The second-order valence-electron chi connectivity index (χ2n) is 9.47. The van der Waals surface area contributed by atoms with Crippen LogP contribution in [0.1, 0.15) is 50.7 Å². The van der Waals surface area contributed by atoms with Gasteiger partial charge in [-0.2, -0.15) is 0 Å². The molecule has 0 radical (unpaired) electrons. The van der Waals surface area contributed by atoms with Crippen LogP contribution in [0.25, 0.3) is 0 Å². The number of anilines is 1. The van der Waals surface area contributed by atoms with Crippen molar-refractivity contribution in [2.24, 2.45) is 5.41 Å². The minimum atomic E-state index is -0.380. The number of benzene rings is 2. The molecule has 2 aromatic rings. The van der Waals surface area contributed by atoms with Crippen LogP contribution < -0.4 is 10.6 Å². The Balaban J connectivity index is 1.81. The van der Waals surface area contributed by atoms with Crippen molar-refractivity contribution in [1.29, 1.82) is 0 Å². The number of nitrogens with one attached hydrogen (secondary N) is 2. The monoisotopic (exact) mass is 446 g/mol. The van der Waals surface area contributed by atoms with Crippen LogP contribution in [0, 0.1) is 12.3 Å². The first-order chi connectivity index (χ1) is 15.2. The lowest BCUT2D eigenvalue weighted by Crippen LogP contribution is -2.39. The molecule has 1 atom stereocenters. The van der Waals surface area contributed by atoms with Gasteiger partial charge in [-0.25, -0.2) is 0 Å². The van der Waals surface area contributed by atoms with Crippen LogP contribution in [-0.2, 0) is 9.59 Å². The second kappa shape index (κ2) is 8.62. The normalized spacial score (nSPS) is 20.0. The SMILES string of the molecule is CSc1ccc([C@@H]2C(C(=O)Nc3ccccc3C)=C(C)NC3=C2C(=O)CC(C)(C)C3)cc1. The standard InChI is InChI=1S/C27H30N2O2S/c1-16-8-6-7-9-20(16)29-26(31)23-17(2)28-21-14-27(3,4)15-22(30)25(21)24(23)18-10-12-19(32-5)13-11-18/h6-13,24,28H,14-15H2,1-5H3,(H,29,31)/t24-/m1/s1. The Bertz CT molecular complexity index is 1140. The number of Topliss-reactive ketones (excluding diaryl/α,β-unsaturated/α-hetero) is 1. The van der Waals surface area contributed by atoms with Crippen molar-refractivity contribution in [3.8, 4) is 0 Å². The molecular formula is C27H30N2O2S. The van der Waals surface area contributed by atoms with E-state index in [1.54, 1.807) is 11.8 Å². The van der Waals surface area contributed by atoms with E-state index in [4.69, 9.17) is 0 Å². The van der Waals surface area contributed by atoms with E-state index < -0.39 is 0 Å². The number of allylic oxidation sites excluding steroid dienone is 3. The molecule has 32 heavy (non-hydrogen) atoms. The number of hydrogen-bond acceptors (Lipinski definition) is 4. The first kappa shape index (κ1) is 22.4. The van der Waals surface area contributed by atoms with Gasteiger partial charge in [0.05, 0.1) is 0 Å². The third-order valence-corrected chi connectivity index (χ3v) is 7.07. The molecule has 1 amide bonds. The molecule has 2 N–H and O–H groups in total. The third kappa shape index (κ3) is 4.26. The number of aryl methyl sites for hydroxylation is 1. The molecule has 5 heteroatoms.